The number of rotatable bonds is 4. The molecule has 1 N–H and O–H groups in total. The number of benzene rings is 1. The molecule has 2 heterocycles. The number of carbonyl (C=O) groups is 1. The largest absolute Gasteiger partial charge is 0.467 e. The fraction of sp³-hybridized carbons (Fsp3) is 0.125. The lowest BCUT2D eigenvalue weighted by Gasteiger charge is -2.11. The molecule has 1 aromatic carbocycles. The van der Waals surface area contributed by atoms with Crippen molar-refractivity contribution in [2.45, 2.75) is 13.1 Å². The lowest BCUT2D eigenvalue weighted by Crippen LogP contribution is -2.27. The SMILES string of the molecule is O=C(Cn1ccc(=O)c2cc(Br)ccc21)NCc1ccco1. The summed E-state index contributed by atoms with van der Waals surface area (Å²) in [4.78, 5) is 23.9. The van der Waals surface area contributed by atoms with E-state index < -0.39 is 0 Å². The van der Waals surface area contributed by atoms with E-state index in [0.29, 0.717) is 17.7 Å². The minimum absolute atomic E-state index is 0.0662. The highest BCUT2D eigenvalue weighted by Gasteiger charge is 2.08. The Labute approximate surface area is 134 Å². The van der Waals surface area contributed by atoms with Gasteiger partial charge in [-0.25, -0.2) is 0 Å². The summed E-state index contributed by atoms with van der Waals surface area (Å²) < 4.78 is 7.75. The predicted molar refractivity (Wildman–Crippen MR) is 86.5 cm³/mol. The van der Waals surface area contributed by atoms with Gasteiger partial charge < -0.3 is 14.3 Å². The van der Waals surface area contributed by atoms with Crippen molar-refractivity contribution in [3.63, 3.8) is 0 Å². The van der Waals surface area contributed by atoms with Gasteiger partial charge in [0.1, 0.15) is 12.3 Å². The summed E-state index contributed by atoms with van der Waals surface area (Å²) in [5.41, 5.74) is 0.660. The van der Waals surface area contributed by atoms with Crippen LogP contribution in [0.4, 0.5) is 0 Å². The molecule has 1 amide bonds. The van der Waals surface area contributed by atoms with Crippen LogP contribution in [0.3, 0.4) is 0 Å². The Morgan fingerprint density at radius 3 is 2.91 bits per heavy atom. The highest BCUT2D eigenvalue weighted by Crippen LogP contribution is 2.17. The van der Waals surface area contributed by atoms with Crippen molar-refractivity contribution in [3.05, 3.63) is 69.3 Å². The van der Waals surface area contributed by atoms with E-state index in [1.165, 1.54) is 6.07 Å². The summed E-state index contributed by atoms with van der Waals surface area (Å²) in [6, 6.07) is 10.5. The molecule has 22 heavy (non-hydrogen) atoms. The minimum atomic E-state index is -0.149. The number of nitrogens with one attached hydrogen (secondary N) is 1. The van der Waals surface area contributed by atoms with E-state index in [-0.39, 0.29) is 17.9 Å². The highest BCUT2D eigenvalue weighted by atomic mass is 79.9. The number of carbonyl (C=O) groups excluding carboxylic acids is 1. The molecule has 0 fully saturated rings. The van der Waals surface area contributed by atoms with E-state index in [4.69, 9.17) is 4.42 Å². The van der Waals surface area contributed by atoms with Crippen molar-refractivity contribution < 1.29 is 9.21 Å². The van der Waals surface area contributed by atoms with Gasteiger partial charge >= 0.3 is 0 Å². The maximum absolute atomic E-state index is 12.0. The first-order valence-electron chi connectivity index (χ1n) is 6.71. The first kappa shape index (κ1) is 14.6. The summed E-state index contributed by atoms with van der Waals surface area (Å²) in [5.74, 6) is 0.548. The molecule has 0 aliphatic carbocycles. The molecule has 0 saturated carbocycles. The van der Waals surface area contributed by atoms with Crippen LogP contribution in [0.25, 0.3) is 10.9 Å². The van der Waals surface area contributed by atoms with Crippen molar-refractivity contribution in [1.29, 1.82) is 0 Å². The number of hydrogen-bond acceptors (Lipinski definition) is 3. The third-order valence-corrected chi connectivity index (χ3v) is 3.79. The topological polar surface area (TPSA) is 64.2 Å². The quantitative estimate of drug-likeness (QED) is 0.777. The molecule has 112 valence electrons. The third kappa shape index (κ3) is 3.12. The molecule has 3 aromatic rings. The molecular formula is C16H13BrN2O3. The van der Waals surface area contributed by atoms with Crippen LogP contribution in [0.1, 0.15) is 5.76 Å². The zero-order valence-electron chi connectivity index (χ0n) is 11.6. The van der Waals surface area contributed by atoms with E-state index in [2.05, 4.69) is 21.2 Å². The fourth-order valence-electron chi connectivity index (χ4n) is 2.23. The zero-order chi connectivity index (χ0) is 15.5. The maximum Gasteiger partial charge on any atom is 0.240 e. The van der Waals surface area contributed by atoms with Crippen molar-refractivity contribution in [1.82, 2.24) is 9.88 Å². The molecule has 0 aliphatic heterocycles. The molecule has 0 bridgehead atoms. The lowest BCUT2D eigenvalue weighted by molar-refractivity contribution is -0.121. The third-order valence-electron chi connectivity index (χ3n) is 3.29. The molecule has 0 radical (unpaired) electrons. The van der Waals surface area contributed by atoms with Gasteiger partial charge in [0, 0.05) is 22.1 Å². The highest BCUT2D eigenvalue weighted by molar-refractivity contribution is 9.10. The Morgan fingerprint density at radius 1 is 1.27 bits per heavy atom. The Morgan fingerprint density at radius 2 is 2.14 bits per heavy atom. The van der Waals surface area contributed by atoms with Crippen LogP contribution in [0.2, 0.25) is 0 Å². The van der Waals surface area contributed by atoms with Crippen LogP contribution in [-0.2, 0) is 17.9 Å². The van der Waals surface area contributed by atoms with Gasteiger partial charge in [-0.2, -0.15) is 0 Å². The van der Waals surface area contributed by atoms with Gasteiger partial charge in [0.05, 0.1) is 18.3 Å². The summed E-state index contributed by atoms with van der Waals surface area (Å²) >= 11 is 3.35. The minimum Gasteiger partial charge on any atom is -0.467 e. The second-order valence-electron chi connectivity index (χ2n) is 4.83. The van der Waals surface area contributed by atoms with Crippen LogP contribution in [0, 0.1) is 0 Å². The molecule has 0 spiro atoms. The first-order chi connectivity index (χ1) is 10.6. The normalized spacial score (nSPS) is 10.8. The molecule has 6 heteroatoms. The van der Waals surface area contributed by atoms with Gasteiger partial charge in [-0.3, -0.25) is 9.59 Å². The fourth-order valence-corrected chi connectivity index (χ4v) is 2.59. The van der Waals surface area contributed by atoms with Crippen LogP contribution >= 0.6 is 15.9 Å². The molecule has 0 aliphatic rings. The summed E-state index contributed by atoms with van der Waals surface area (Å²) in [5, 5.41) is 3.36. The lowest BCUT2D eigenvalue weighted by atomic mass is 10.2. The Hall–Kier alpha value is -2.34. The number of amides is 1. The van der Waals surface area contributed by atoms with Gasteiger partial charge in [0.15, 0.2) is 5.43 Å². The van der Waals surface area contributed by atoms with Crippen LogP contribution < -0.4 is 10.7 Å². The van der Waals surface area contributed by atoms with Gasteiger partial charge in [0.25, 0.3) is 0 Å². The van der Waals surface area contributed by atoms with E-state index in [1.54, 1.807) is 35.2 Å². The van der Waals surface area contributed by atoms with Gasteiger partial charge in [-0.05, 0) is 30.3 Å². The smallest absolute Gasteiger partial charge is 0.240 e. The number of halogens is 1. The number of furan rings is 1. The molecule has 2 aromatic heterocycles. The van der Waals surface area contributed by atoms with Crippen molar-refractivity contribution in [3.8, 4) is 0 Å². The van der Waals surface area contributed by atoms with E-state index in [0.717, 1.165) is 9.99 Å². The van der Waals surface area contributed by atoms with Crippen LogP contribution in [0.5, 0.6) is 0 Å². The van der Waals surface area contributed by atoms with Gasteiger partial charge in [-0.15, -0.1) is 0 Å². The number of hydrogen-bond donors (Lipinski definition) is 1. The number of fused-ring (bicyclic) bond motifs is 1. The average molecular weight is 361 g/mol. The zero-order valence-corrected chi connectivity index (χ0v) is 13.2. The summed E-state index contributed by atoms with van der Waals surface area (Å²) in [7, 11) is 0. The van der Waals surface area contributed by atoms with Crippen LogP contribution in [0.15, 0.2) is 62.5 Å². The predicted octanol–water partition coefficient (Wildman–Crippen LogP) is 2.67. The van der Waals surface area contributed by atoms with Crippen LogP contribution in [-0.4, -0.2) is 10.5 Å². The number of pyridine rings is 1. The Bertz CT molecular complexity index is 869. The van der Waals surface area contributed by atoms with E-state index in [1.807, 2.05) is 12.1 Å². The van der Waals surface area contributed by atoms with Crippen molar-refractivity contribution in [2.24, 2.45) is 0 Å². The monoisotopic (exact) mass is 360 g/mol. The molecule has 0 atom stereocenters. The average Bonchev–Trinajstić information content (AvgIpc) is 3.02. The summed E-state index contributed by atoms with van der Waals surface area (Å²) in [6.45, 7) is 0.481. The molecule has 5 nitrogen and oxygen atoms in total. The van der Waals surface area contributed by atoms with E-state index >= 15 is 0 Å². The Kier molecular flexibility index (Phi) is 4.11. The maximum atomic E-state index is 12.0. The number of nitrogens with zero attached hydrogens (tertiary/aromatic N) is 1. The molecular weight excluding hydrogens is 348 g/mol. The number of aromatic nitrogens is 1. The van der Waals surface area contributed by atoms with Crippen molar-refractivity contribution >= 4 is 32.7 Å². The molecule has 0 unspecified atom stereocenters. The van der Waals surface area contributed by atoms with Gasteiger partial charge in [-0.1, -0.05) is 15.9 Å². The molecule has 0 saturated heterocycles. The second kappa shape index (κ2) is 6.19. The molecule has 3 rings (SSSR count). The Balaban J connectivity index is 1.80. The summed E-state index contributed by atoms with van der Waals surface area (Å²) in [6.07, 6.45) is 3.19. The van der Waals surface area contributed by atoms with E-state index in [9.17, 15) is 9.59 Å². The second-order valence-corrected chi connectivity index (χ2v) is 5.74. The van der Waals surface area contributed by atoms with Gasteiger partial charge in [0.2, 0.25) is 5.91 Å². The standard InChI is InChI=1S/C16H13BrN2O3/c17-11-3-4-14-13(8-11)15(20)5-6-19(14)10-16(21)18-9-12-2-1-7-22-12/h1-8H,9-10H2,(H,18,21). The van der Waals surface area contributed by atoms with Crippen molar-refractivity contribution in [2.75, 3.05) is 0 Å². The first-order valence-corrected chi connectivity index (χ1v) is 7.50.